The molecule has 146 valence electrons. The number of para-hydroxylation sites is 1. The maximum absolute atomic E-state index is 11.6. The summed E-state index contributed by atoms with van der Waals surface area (Å²) in [6, 6.07) is 17.7. The standard InChI is InChI=1S/C23H21N3O3/c1-15-11-17(9-10-24-15)16-7-8-20-19(12-16)21(26-25-20)14-29-22-6-4-3-5-18(22)13-23(27)28-2/h3-12H,13-14H2,1-2H3,(H,25,26). The van der Waals surface area contributed by atoms with E-state index < -0.39 is 0 Å². The van der Waals surface area contributed by atoms with Crippen LogP contribution < -0.4 is 4.74 Å². The number of nitrogens with one attached hydrogen (secondary N) is 1. The lowest BCUT2D eigenvalue weighted by atomic mass is 10.0. The molecule has 2 heterocycles. The molecule has 2 aromatic heterocycles. The SMILES string of the molecule is COC(=O)Cc1ccccc1OCc1[nH]nc2ccc(-c3ccnc(C)c3)cc12. The van der Waals surface area contributed by atoms with E-state index in [1.165, 1.54) is 7.11 Å². The van der Waals surface area contributed by atoms with Crippen LogP contribution in [-0.4, -0.2) is 28.3 Å². The van der Waals surface area contributed by atoms with E-state index in [9.17, 15) is 4.79 Å². The lowest BCUT2D eigenvalue weighted by molar-refractivity contribution is -0.139. The third-order valence-electron chi connectivity index (χ3n) is 4.77. The number of nitrogens with zero attached hydrogens (tertiary/aromatic N) is 2. The topological polar surface area (TPSA) is 77.1 Å². The third-order valence-corrected chi connectivity index (χ3v) is 4.77. The van der Waals surface area contributed by atoms with Gasteiger partial charge in [-0.2, -0.15) is 5.10 Å². The summed E-state index contributed by atoms with van der Waals surface area (Å²) in [4.78, 5) is 15.9. The highest BCUT2D eigenvalue weighted by molar-refractivity contribution is 5.86. The Balaban J connectivity index is 1.59. The fourth-order valence-electron chi connectivity index (χ4n) is 3.25. The molecule has 4 aromatic rings. The number of hydrogen-bond donors (Lipinski definition) is 1. The molecule has 4 rings (SSSR count). The molecular formula is C23H21N3O3. The second kappa shape index (κ2) is 8.14. The van der Waals surface area contributed by atoms with E-state index in [1.54, 1.807) is 0 Å². The lowest BCUT2D eigenvalue weighted by Gasteiger charge is -2.10. The number of aromatic nitrogens is 3. The van der Waals surface area contributed by atoms with Gasteiger partial charge >= 0.3 is 5.97 Å². The third kappa shape index (κ3) is 4.11. The monoisotopic (exact) mass is 387 g/mol. The van der Waals surface area contributed by atoms with Gasteiger partial charge in [-0.3, -0.25) is 14.9 Å². The molecule has 0 saturated heterocycles. The van der Waals surface area contributed by atoms with Gasteiger partial charge in [0, 0.05) is 22.8 Å². The number of ether oxygens (including phenoxy) is 2. The Morgan fingerprint density at radius 2 is 1.90 bits per heavy atom. The molecule has 0 spiro atoms. The Hall–Kier alpha value is -3.67. The Labute approximate surface area is 168 Å². The number of carbonyl (C=O) groups excluding carboxylic acids is 1. The number of carbonyl (C=O) groups is 1. The number of methoxy groups -OCH3 is 1. The van der Waals surface area contributed by atoms with Gasteiger partial charge in [-0.05, 0) is 48.4 Å². The van der Waals surface area contributed by atoms with Gasteiger partial charge in [0.05, 0.1) is 24.7 Å². The first-order chi connectivity index (χ1) is 14.1. The van der Waals surface area contributed by atoms with Crippen molar-refractivity contribution < 1.29 is 14.3 Å². The Bertz CT molecular complexity index is 1170. The molecule has 0 aliphatic carbocycles. The zero-order chi connectivity index (χ0) is 20.2. The Morgan fingerprint density at radius 3 is 2.72 bits per heavy atom. The zero-order valence-corrected chi connectivity index (χ0v) is 16.3. The van der Waals surface area contributed by atoms with Crippen molar-refractivity contribution in [2.75, 3.05) is 7.11 Å². The average molecular weight is 387 g/mol. The van der Waals surface area contributed by atoms with Crippen LogP contribution in [0.3, 0.4) is 0 Å². The van der Waals surface area contributed by atoms with Crippen LogP contribution in [0.2, 0.25) is 0 Å². The van der Waals surface area contributed by atoms with E-state index in [4.69, 9.17) is 9.47 Å². The van der Waals surface area contributed by atoms with Crippen LogP contribution in [0.1, 0.15) is 17.0 Å². The summed E-state index contributed by atoms with van der Waals surface area (Å²) in [7, 11) is 1.38. The number of hydrogen-bond acceptors (Lipinski definition) is 5. The summed E-state index contributed by atoms with van der Waals surface area (Å²) in [5, 5.41) is 8.44. The zero-order valence-electron chi connectivity index (χ0n) is 16.3. The Kier molecular flexibility index (Phi) is 5.24. The summed E-state index contributed by atoms with van der Waals surface area (Å²) in [6.07, 6.45) is 1.98. The Morgan fingerprint density at radius 1 is 1.07 bits per heavy atom. The van der Waals surface area contributed by atoms with Gasteiger partial charge in [0.15, 0.2) is 0 Å². The van der Waals surface area contributed by atoms with Gasteiger partial charge < -0.3 is 9.47 Å². The van der Waals surface area contributed by atoms with Crippen molar-refractivity contribution in [2.24, 2.45) is 0 Å². The van der Waals surface area contributed by atoms with Gasteiger partial charge in [0.1, 0.15) is 12.4 Å². The number of fused-ring (bicyclic) bond motifs is 1. The summed E-state index contributed by atoms with van der Waals surface area (Å²) >= 11 is 0. The molecule has 0 fully saturated rings. The molecule has 0 atom stereocenters. The van der Waals surface area contributed by atoms with Crippen LogP contribution in [-0.2, 0) is 22.6 Å². The first-order valence-electron chi connectivity index (χ1n) is 9.31. The van der Waals surface area contributed by atoms with Crippen LogP contribution in [0.5, 0.6) is 5.75 Å². The highest BCUT2D eigenvalue weighted by atomic mass is 16.5. The molecule has 6 heteroatoms. The van der Waals surface area contributed by atoms with Crippen molar-refractivity contribution >= 4 is 16.9 Å². The summed E-state index contributed by atoms with van der Waals surface area (Å²) in [5.74, 6) is 0.354. The van der Waals surface area contributed by atoms with Gasteiger partial charge in [-0.15, -0.1) is 0 Å². The van der Waals surface area contributed by atoms with Gasteiger partial charge in [0.25, 0.3) is 0 Å². The van der Waals surface area contributed by atoms with Crippen LogP contribution in [0.25, 0.3) is 22.0 Å². The van der Waals surface area contributed by atoms with Crippen LogP contribution in [0.15, 0.2) is 60.8 Å². The molecule has 6 nitrogen and oxygen atoms in total. The molecule has 0 radical (unpaired) electrons. The number of benzene rings is 2. The van der Waals surface area contributed by atoms with E-state index in [-0.39, 0.29) is 12.4 Å². The first kappa shape index (κ1) is 18.7. The molecule has 0 saturated carbocycles. The molecular weight excluding hydrogens is 366 g/mol. The van der Waals surface area contributed by atoms with Crippen LogP contribution >= 0.6 is 0 Å². The van der Waals surface area contributed by atoms with Crippen molar-refractivity contribution in [1.29, 1.82) is 0 Å². The normalized spacial score (nSPS) is 10.8. The number of aryl methyl sites for hydroxylation is 1. The smallest absolute Gasteiger partial charge is 0.310 e. The predicted molar refractivity (Wildman–Crippen MR) is 111 cm³/mol. The van der Waals surface area contributed by atoms with Crippen LogP contribution in [0, 0.1) is 6.92 Å². The van der Waals surface area contributed by atoms with E-state index in [0.29, 0.717) is 12.4 Å². The fraction of sp³-hybridized carbons (Fsp3) is 0.174. The summed E-state index contributed by atoms with van der Waals surface area (Å²) in [5.41, 5.74) is 5.71. The predicted octanol–water partition coefficient (Wildman–Crippen LogP) is 4.23. The second-order valence-corrected chi connectivity index (χ2v) is 6.77. The maximum atomic E-state index is 11.6. The minimum Gasteiger partial charge on any atom is -0.487 e. The van der Waals surface area contributed by atoms with Gasteiger partial charge in [-0.1, -0.05) is 24.3 Å². The largest absolute Gasteiger partial charge is 0.487 e. The summed E-state index contributed by atoms with van der Waals surface area (Å²) in [6.45, 7) is 2.29. The van der Waals surface area contributed by atoms with E-state index in [2.05, 4.69) is 27.3 Å². The molecule has 0 bridgehead atoms. The molecule has 29 heavy (non-hydrogen) atoms. The first-order valence-corrected chi connectivity index (χ1v) is 9.31. The summed E-state index contributed by atoms with van der Waals surface area (Å²) < 4.78 is 10.8. The molecule has 1 N–H and O–H groups in total. The van der Waals surface area contributed by atoms with Gasteiger partial charge in [-0.25, -0.2) is 0 Å². The van der Waals surface area contributed by atoms with Crippen molar-refractivity contribution in [3.63, 3.8) is 0 Å². The highest BCUT2D eigenvalue weighted by Gasteiger charge is 2.12. The highest BCUT2D eigenvalue weighted by Crippen LogP contribution is 2.27. The van der Waals surface area contributed by atoms with Gasteiger partial charge in [0.2, 0.25) is 0 Å². The van der Waals surface area contributed by atoms with E-state index in [1.807, 2.05) is 55.6 Å². The van der Waals surface area contributed by atoms with Crippen molar-refractivity contribution in [1.82, 2.24) is 15.2 Å². The lowest BCUT2D eigenvalue weighted by Crippen LogP contribution is -2.07. The van der Waals surface area contributed by atoms with Crippen molar-refractivity contribution in [3.8, 4) is 16.9 Å². The molecule has 0 amide bonds. The average Bonchev–Trinajstić information content (AvgIpc) is 3.15. The van der Waals surface area contributed by atoms with Crippen molar-refractivity contribution in [3.05, 3.63) is 77.7 Å². The van der Waals surface area contributed by atoms with E-state index >= 15 is 0 Å². The number of pyridine rings is 1. The molecule has 0 aliphatic rings. The maximum Gasteiger partial charge on any atom is 0.310 e. The molecule has 0 aliphatic heterocycles. The minimum atomic E-state index is -0.301. The van der Waals surface area contributed by atoms with Crippen molar-refractivity contribution in [2.45, 2.75) is 20.0 Å². The van der Waals surface area contributed by atoms with E-state index in [0.717, 1.165) is 39.0 Å². The number of rotatable bonds is 6. The molecule has 0 unspecified atom stereocenters. The number of esters is 1. The molecule has 2 aromatic carbocycles. The number of aromatic amines is 1. The quantitative estimate of drug-likeness (QED) is 0.501. The fourth-order valence-corrected chi connectivity index (χ4v) is 3.25. The minimum absolute atomic E-state index is 0.169. The number of H-pyrrole nitrogens is 1. The van der Waals surface area contributed by atoms with Crippen LogP contribution in [0.4, 0.5) is 0 Å². The second-order valence-electron chi connectivity index (χ2n) is 6.77.